The zero-order valence-electron chi connectivity index (χ0n) is 17.8. The highest BCUT2D eigenvalue weighted by Crippen LogP contribution is 2.40. The quantitative estimate of drug-likeness (QED) is 0.306. The van der Waals surface area contributed by atoms with Crippen molar-refractivity contribution in [3.8, 4) is 22.6 Å². The Bertz CT molecular complexity index is 680. The molecule has 0 aliphatic carbocycles. The Labute approximate surface area is 169 Å². The van der Waals surface area contributed by atoms with Crippen LogP contribution in [0.15, 0.2) is 36.4 Å². The van der Waals surface area contributed by atoms with Crippen molar-refractivity contribution in [3.63, 3.8) is 0 Å². The zero-order chi connectivity index (χ0) is 20.2. The molecule has 0 N–H and O–H groups in total. The van der Waals surface area contributed by atoms with Crippen molar-refractivity contribution < 1.29 is 18.9 Å². The molecule has 0 amide bonds. The first-order valence-corrected chi connectivity index (χ1v) is 10.3. The molecule has 0 heterocycles. The molecule has 0 aliphatic rings. The van der Waals surface area contributed by atoms with Crippen LogP contribution in [0.4, 0.5) is 0 Å². The number of unbranched alkanes of at least 4 members (excludes halogenated alkanes) is 2. The lowest BCUT2D eigenvalue weighted by atomic mass is 9.97. The monoisotopic (exact) mass is 386 g/mol. The van der Waals surface area contributed by atoms with Crippen LogP contribution < -0.4 is 9.47 Å². The average Bonchev–Trinajstić information content (AvgIpc) is 2.68. The molecular formula is C24H34O4. The highest BCUT2D eigenvalue weighted by molar-refractivity contribution is 5.78. The first-order valence-electron chi connectivity index (χ1n) is 10.3. The van der Waals surface area contributed by atoms with Gasteiger partial charge in [-0.25, -0.2) is 0 Å². The van der Waals surface area contributed by atoms with E-state index in [1.165, 1.54) is 24.0 Å². The van der Waals surface area contributed by atoms with Crippen LogP contribution in [0.2, 0.25) is 0 Å². The number of ether oxygens (including phenoxy) is 4. The number of hydrogen-bond donors (Lipinski definition) is 0. The Kier molecular flexibility index (Phi) is 9.87. The summed E-state index contributed by atoms with van der Waals surface area (Å²) in [5.74, 6) is 1.58. The van der Waals surface area contributed by atoms with E-state index in [1.807, 2.05) is 13.8 Å². The average molecular weight is 387 g/mol. The second kappa shape index (κ2) is 12.4. The lowest BCUT2D eigenvalue weighted by Crippen LogP contribution is -2.07. The molecule has 0 atom stereocenters. The standard InChI is InChI=1S/C24H34O4/c1-5-8-9-12-20-15-22(27-17-25-6-2)24(21-13-10-11-19(4)14-21)23(16-20)28-18-26-7-3/h10-11,13-16H,5-9,12,17-18H2,1-4H3. The molecule has 0 saturated heterocycles. The molecule has 0 aliphatic heterocycles. The van der Waals surface area contributed by atoms with Gasteiger partial charge in [-0.1, -0.05) is 49.6 Å². The summed E-state index contributed by atoms with van der Waals surface area (Å²) >= 11 is 0. The Morgan fingerprint density at radius 3 is 1.96 bits per heavy atom. The van der Waals surface area contributed by atoms with Gasteiger partial charge in [-0.15, -0.1) is 0 Å². The SMILES string of the molecule is CCCCCc1cc(OCOCC)c(-c2cccc(C)c2)c(OCOCC)c1. The van der Waals surface area contributed by atoms with Crippen LogP contribution in [0, 0.1) is 6.92 Å². The minimum absolute atomic E-state index is 0.221. The largest absolute Gasteiger partial charge is 0.467 e. The lowest BCUT2D eigenvalue weighted by molar-refractivity contribution is 0.0188. The molecular weight excluding hydrogens is 352 g/mol. The topological polar surface area (TPSA) is 36.9 Å². The summed E-state index contributed by atoms with van der Waals surface area (Å²) in [6, 6.07) is 12.6. The number of aryl methyl sites for hydroxylation is 2. The van der Waals surface area contributed by atoms with Gasteiger partial charge in [-0.3, -0.25) is 0 Å². The second-order valence-electron chi connectivity index (χ2n) is 6.80. The number of hydrogen-bond acceptors (Lipinski definition) is 4. The fourth-order valence-corrected chi connectivity index (χ4v) is 3.06. The van der Waals surface area contributed by atoms with E-state index in [9.17, 15) is 0 Å². The predicted octanol–water partition coefficient (Wildman–Crippen LogP) is 6.14. The Hall–Kier alpha value is -2.04. The van der Waals surface area contributed by atoms with E-state index < -0.39 is 0 Å². The summed E-state index contributed by atoms with van der Waals surface area (Å²) in [5, 5.41) is 0. The Morgan fingerprint density at radius 2 is 1.43 bits per heavy atom. The summed E-state index contributed by atoms with van der Waals surface area (Å²) in [7, 11) is 0. The van der Waals surface area contributed by atoms with Crippen molar-refractivity contribution in [3.05, 3.63) is 47.5 Å². The highest BCUT2D eigenvalue weighted by atomic mass is 16.7. The summed E-state index contributed by atoms with van der Waals surface area (Å²) in [5.41, 5.74) is 4.42. The van der Waals surface area contributed by atoms with Crippen molar-refractivity contribution in [2.24, 2.45) is 0 Å². The number of rotatable bonds is 13. The maximum atomic E-state index is 6.02. The zero-order valence-corrected chi connectivity index (χ0v) is 17.8. The molecule has 0 radical (unpaired) electrons. The Morgan fingerprint density at radius 1 is 0.786 bits per heavy atom. The van der Waals surface area contributed by atoms with Crippen LogP contribution in [0.25, 0.3) is 11.1 Å². The van der Waals surface area contributed by atoms with E-state index in [2.05, 4.69) is 50.2 Å². The van der Waals surface area contributed by atoms with Crippen LogP contribution in [0.5, 0.6) is 11.5 Å². The minimum atomic E-state index is 0.221. The second-order valence-corrected chi connectivity index (χ2v) is 6.80. The van der Waals surface area contributed by atoms with Gasteiger partial charge < -0.3 is 18.9 Å². The third-order valence-electron chi connectivity index (χ3n) is 4.51. The molecule has 4 nitrogen and oxygen atoms in total. The summed E-state index contributed by atoms with van der Waals surface area (Å²) in [6.45, 7) is 9.90. The van der Waals surface area contributed by atoms with E-state index >= 15 is 0 Å². The molecule has 0 fully saturated rings. The molecule has 0 unspecified atom stereocenters. The van der Waals surface area contributed by atoms with E-state index in [0.717, 1.165) is 35.5 Å². The van der Waals surface area contributed by atoms with E-state index in [0.29, 0.717) is 13.2 Å². The van der Waals surface area contributed by atoms with Crippen molar-refractivity contribution in [2.75, 3.05) is 26.8 Å². The van der Waals surface area contributed by atoms with Gasteiger partial charge in [0.1, 0.15) is 11.5 Å². The van der Waals surface area contributed by atoms with Gasteiger partial charge in [0, 0.05) is 13.2 Å². The number of benzene rings is 2. The van der Waals surface area contributed by atoms with E-state index in [4.69, 9.17) is 18.9 Å². The molecule has 2 aromatic rings. The molecule has 0 spiro atoms. The molecule has 2 rings (SSSR count). The molecule has 0 bridgehead atoms. The van der Waals surface area contributed by atoms with Crippen LogP contribution in [0.1, 0.15) is 51.2 Å². The van der Waals surface area contributed by atoms with Crippen molar-refractivity contribution in [1.29, 1.82) is 0 Å². The predicted molar refractivity (Wildman–Crippen MR) is 114 cm³/mol. The van der Waals surface area contributed by atoms with Gasteiger partial charge in [0.05, 0.1) is 5.56 Å². The van der Waals surface area contributed by atoms with Crippen LogP contribution in [-0.4, -0.2) is 26.8 Å². The molecule has 28 heavy (non-hydrogen) atoms. The maximum absolute atomic E-state index is 6.02. The van der Waals surface area contributed by atoms with Crippen LogP contribution >= 0.6 is 0 Å². The smallest absolute Gasteiger partial charge is 0.189 e. The van der Waals surface area contributed by atoms with Gasteiger partial charge in [-0.05, 0) is 56.9 Å². The molecule has 4 heteroatoms. The first kappa shape index (κ1) is 22.3. The summed E-state index contributed by atoms with van der Waals surface area (Å²) in [4.78, 5) is 0. The van der Waals surface area contributed by atoms with Crippen LogP contribution in [0.3, 0.4) is 0 Å². The van der Waals surface area contributed by atoms with Crippen molar-refractivity contribution >= 4 is 0 Å². The first-order chi connectivity index (χ1) is 13.7. The fourth-order valence-electron chi connectivity index (χ4n) is 3.06. The highest BCUT2D eigenvalue weighted by Gasteiger charge is 2.16. The van der Waals surface area contributed by atoms with Gasteiger partial charge >= 0.3 is 0 Å². The molecule has 154 valence electrons. The van der Waals surface area contributed by atoms with Crippen molar-refractivity contribution in [2.45, 2.75) is 53.4 Å². The summed E-state index contributed by atoms with van der Waals surface area (Å²) in [6.07, 6.45) is 4.56. The van der Waals surface area contributed by atoms with Crippen molar-refractivity contribution in [1.82, 2.24) is 0 Å². The van der Waals surface area contributed by atoms with Gasteiger partial charge in [0.15, 0.2) is 13.6 Å². The fraction of sp³-hybridized carbons (Fsp3) is 0.500. The summed E-state index contributed by atoms with van der Waals surface area (Å²) < 4.78 is 22.9. The van der Waals surface area contributed by atoms with E-state index in [-0.39, 0.29) is 13.6 Å². The Balaban J connectivity index is 2.44. The minimum Gasteiger partial charge on any atom is -0.467 e. The van der Waals surface area contributed by atoms with E-state index in [1.54, 1.807) is 0 Å². The van der Waals surface area contributed by atoms with Gasteiger partial charge in [-0.2, -0.15) is 0 Å². The molecule has 2 aromatic carbocycles. The van der Waals surface area contributed by atoms with Crippen LogP contribution in [-0.2, 0) is 15.9 Å². The normalized spacial score (nSPS) is 10.9. The van der Waals surface area contributed by atoms with Gasteiger partial charge in [0.25, 0.3) is 0 Å². The maximum Gasteiger partial charge on any atom is 0.189 e. The molecule has 0 aromatic heterocycles. The third kappa shape index (κ3) is 6.84. The third-order valence-corrected chi connectivity index (χ3v) is 4.51. The van der Waals surface area contributed by atoms with Gasteiger partial charge in [0.2, 0.25) is 0 Å². The molecule has 0 saturated carbocycles. The lowest BCUT2D eigenvalue weighted by Gasteiger charge is -2.19.